The Morgan fingerprint density at radius 1 is 1.25 bits per heavy atom. The summed E-state index contributed by atoms with van der Waals surface area (Å²) in [4.78, 5) is 12.4. The fourth-order valence-corrected chi connectivity index (χ4v) is 4.50. The molecule has 1 aromatic heterocycles. The number of aromatic hydroxyl groups is 1. The lowest BCUT2D eigenvalue weighted by molar-refractivity contribution is -0.272. The predicted molar refractivity (Wildman–Crippen MR) is 110 cm³/mol. The van der Waals surface area contributed by atoms with E-state index in [0.29, 0.717) is 0 Å². The maximum absolute atomic E-state index is 14.2. The Morgan fingerprint density at radius 2 is 1.97 bits per heavy atom. The van der Waals surface area contributed by atoms with Crippen LogP contribution in [0.4, 0.5) is 23.2 Å². The number of rotatable bonds is 3. The second-order valence-corrected chi connectivity index (χ2v) is 8.05. The molecule has 10 heteroatoms. The molecule has 2 unspecified atom stereocenters. The highest BCUT2D eigenvalue weighted by Crippen LogP contribution is 2.55. The number of nitrogens with one attached hydrogen (secondary N) is 1. The van der Waals surface area contributed by atoms with Gasteiger partial charge in [-0.2, -0.15) is 18.3 Å². The van der Waals surface area contributed by atoms with Crippen molar-refractivity contribution in [3.05, 3.63) is 63.8 Å². The molecule has 0 amide bonds. The number of nitrogens with zero attached hydrogens (tertiary/aromatic N) is 2. The largest absolute Gasteiger partial charge is 0.505 e. The molecule has 1 heterocycles. The quantitative estimate of drug-likeness (QED) is 0.522. The summed E-state index contributed by atoms with van der Waals surface area (Å²) in [5.41, 5.74) is -3.53. The molecule has 170 valence electrons. The molecule has 2 aromatic carbocycles. The van der Waals surface area contributed by atoms with Gasteiger partial charge in [0.15, 0.2) is 17.2 Å². The van der Waals surface area contributed by atoms with Gasteiger partial charge >= 0.3 is 6.18 Å². The number of benzene rings is 2. The molecule has 0 saturated heterocycles. The molecule has 0 fully saturated rings. The van der Waals surface area contributed by atoms with Gasteiger partial charge in [0.05, 0.1) is 17.6 Å². The van der Waals surface area contributed by atoms with Crippen molar-refractivity contribution in [2.75, 3.05) is 5.32 Å². The summed E-state index contributed by atoms with van der Waals surface area (Å²) >= 11 is 0. The minimum absolute atomic E-state index is 0.0354. The number of fused-ring (bicyclic) bond motifs is 2. The number of aryl methyl sites for hydroxylation is 1. The van der Waals surface area contributed by atoms with Crippen molar-refractivity contribution in [3.63, 3.8) is 0 Å². The van der Waals surface area contributed by atoms with Crippen LogP contribution < -0.4 is 10.9 Å². The number of hydrogen-bond acceptors (Lipinski definition) is 5. The average Bonchev–Trinajstić information content (AvgIpc) is 2.74. The van der Waals surface area contributed by atoms with E-state index in [9.17, 15) is 32.6 Å². The van der Waals surface area contributed by atoms with Gasteiger partial charge in [-0.05, 0) is 42.5 Å². The molecule has 1 aliphatic carbocycles. The van der Waals surface area contributed by atoms with Crippen molar-refractivity contribution in [2.45, 2.75) is 43.5 Å². The van der Waals surface area contributed by atoms with Crippen LogP contribution in [0.5, 0.6) is 5.75 Å². The Balaban J connectivity index is 1.95. The third-order valence-electron chi connectivity index (χ3n) is 6.23. The lowest BCUT2D eigenvalue weighted by Crippen LogP contribution is -2.55. The predicted octanol–water partition coefficient (Wildman–Crippen LogP) is 4.12. The molecule has 6 nitrogen and oxygen atoms in total. The van der Waals surface area contributed by atoms with Gasteiger partial charge in [-0.3, -0.25) is 4.79 Å². The first-order chi connectivity index (χ1) is 15.0. The summed E-state index contributed by atoms with van der Waals surface area (Å²) in [6.45, 7) is 1.61. The maximum atomic E-state index is 14.2. The summed E-state index contributed by atoms with van der Waals surface area (Å²) in [6, 6.07) is 4.74. The van der Waals surface area contributed by atoms with Crippen molar-refractivity contribution in [1.29, 1.82) is 0 Å². The molecular formula is C22H21F4N3O3. The van der Waals surface area contributed by atoms with Crippen molar-refractivity contribution < 1.29 is 27.8 Å². The molecule has 32 heavy (non-hydrogen) atoms. The van der Waals surface area contributed by atoms with Crippen LogP contribution in [-0.2, 0) is 7.05 Å². The fraction of sp³-hybridized carbons (Fsp3) is 0.364. The molecule has 3 N–H and O–H groups in total. The van der Waals surface area contributed by atoms with Gasteiger partial charge in [0.2, 0.25) is 0 Å². The summed E-state index contributed by atoms with van der Waals surface area (Å²) < 4.78 is 57.8. The third-order valence-corrected chi connectivity index (χ3v) is 6.23. The van der Waals surface area contributed by atoms with Gasteiger partial charge in [-0.1, -0.05) is 19.1 Å². The van der Waals surface area contributed by atoms with Gasteiger partial charge in [-0.15, -0.1) is 0 Å². The minimum Gasteiger partial charge on any atom is -0.505 e. The highest BCUT2D eigenvalue weighted by atomic mass is 19.4. The van der Waals surface area contributed by atoms with Crippen LogP contribution in [0.2, 0.25) is 0 Å². The Kier molecular flexibility index (Phi) is 5.15. The number of halogens is 4. The van der Waals surface area contributed by atoms with Crippen LogP contribution in [0.1, 0.15) is 42.9 Å². The molecule has 0 radical (unpaired) electrons. The molecule has 0 spiro atoms. The SMILES string of the molecule is CCC1C[C@](O)(C(F)(F)F)C(Nc2cccc3c(=O)n(C)ncc23)c2ccc(F)c(O)c21. The molecule has 3 aromatic rings. The van der Waals surface area contributed by atoms with E-state index in [-0.39, 0.29) is 34.0 Å². The standard InChI is InChI=1S/C22H21F4N3O3/c1-3-11-9-21(32,22(24,25)26)19(13-7-8-15(23)18(30)17(11)13)28-16-6-4-5-12-14(16)10-27-29(2)20(12)31/h4-8,10-11,19,28,30,32H,3,9H2,1-2H3/t11?,19?,21-/m1/s1. The zero-order chi connectivity index (χ0) is 23.4. The topological polar surface area (TPSA) is 87.4 Å². The smallest absolute Gasteiger partial charge is 0.419 e. The molecule has 3 atom stereocenters. The Morgan fingerprint density at radius 3 is 2.62 bits per heavy atom. The molecule has 0 bridgehead atoms. The first-order valence-electron chi connectivity index (χ1n) is 10.0. The Labute approximate surface area is 180 Å². The van der Waals surface area contributed by atoms with Crippen LogP contribution in [0.25, 0.3) is 10.8 Å². The molecule has 4 rings (SSSR count). The number of anilines is 1. The van der Waals surface area contributed by atoms with E-state index < -0.39 is 47.3 Å². The van der Waals surface area contributed by atoms with Crippen molar-refractivity contribution in [2.24, 2.45) is 7.05 Å². The van der Waals surface area contributed by atoms with Crippen molar-refractivity contribution in [3.8, 4) is 5.75 Å². The van der Waals surface area contributed by atoms with E-state index >= 15 is 0 Å². The molecule has 0 aliphatic heterocycles. The monoisotopic (exact) mass is 451 g/mol. The third kappa shape index (κ3) is 3.21. The lowest BCUT2D eigenvalue weighted by atomic mass is 9.69. The van der Waals surface area contributed by atoms with Gasteiger partial charge < -0.3 is 15.5 Å². The first-order valence-corrected chi connectivity index (χ1v) is 10.0. The number of phenolic OH excluding ortho intramolecular Hbond substituents is 1. The van der Waals surface area contributed by atoms with Crippen molar-refractivity contribution >= 4 is 16.5 Å². The summed E-state index contributed by atoms with van der Waals surface area (Å²) in [5, 5.41) is 28.4. The van der Waals surface area contributed by atoms with E-state index in [0.717, 1.165) is 16.8 Å². The highest BCUT2D eigenvalue weighted by molar-refractivity contribution is 5.92. The van der Waals surface area contributed by atoms with Gasteiger partial charge in [0.1, 0.15) is 0 Å². The van der Waals surface area contributed by atoms with E-state index in [1.54, 1.807) is 6.92 Å². The van der Waals surface area contributed by atoms with Gasteiger partial charge in [0, 0.05) is 23.7 Å². The average molecular weight is 451 g/mol. The van der Waals surface area contributed by atoms with E-state index in [4.69, 9.17) is 0 Å². The summed E-state index contributed by atoms with van der Waals surface area (Å²) in [5.74, 6) is -2.58. The number of hydrogen-bond donors (Lipinski definition) is 3. The number of alkyl halides is 3. The zero-order valence-electron chi connectivity index (χ0n) is 17.2. The van der Waals surface area contributed by atoms with Crippen LogP contribution in [0, 0.1) is 5.82 Å². The number of aromatic nitrogens is 2. The molecule has 0 saturated carbocycles. The fourth-order valence-electron chi connectivity index (χ4n) is 4.50. The maximum Gasteiger partial charge on any atom is 0.419 e. The van der Waals surface area contributed by atoms with Crippen LogP contribution in [-0.4, -0.2) is 31.8 Å². The van der Waals surface area contributed by atoms with Crippen LogP contribution in [0.3, 0.4) is 0 Å². The normalized spacial score (nSPS) is 23.2. The van der Waals surface area contributed by atoms with Crippen molar-refractivity contribution in [1.82, 2.24) is 9.78 Å². The summed E-state index contributed by atoms with van der Waals surface area (Å²) in [6.07, 6.45) is -4.30. The lowest BCUT2D eigenvalue weighted by Gasteiger charge is -2.45. The number of phenols is 1. The second kappa shape index (κ2) is 7.47. The highest BCUT2D eigenvalue weighted by Gasteiger charge is 2.62. The van der Waals surface area contributed by atoms with Crippen LogP contribution in [0.15, 0.2) is 41.3 Å². The van der Waals surface area contributed by atoms with E-state index in [1.165, 1.54) is 31.4 Å². The van der Waals surface area contributed by atoms with E-state index in [1.807, 2.05) is 0 Å². The van der Waals surface area contributed by atoms with Crippen LogP contribution >= 0.6 is 0 Å². The Bertz CT molecular complexity index is 1260. The Hall–Kier alpha value is -3.14. The van der Waals surface area contributed by atoms with Gasteiger partial charge in [0.25, 0.3) is 5.56 Å². The molecule has 1 aliphatic rings. The second-order valence-electron chi connectivity index (χ2n) is 8.05. The number of aliphatic hydroxyl groups is 1. The van der Waals surface area contributed by atoms with Gasteiger partial charge in [-0.25, -0.2) is 9.07 Å². The molecular weight excluding hydrogens is 430 g/mol. The minimum atomic E-state index is -5.03. The summed E-state index contributed by atoms with van der Waals surface area (Å²) in [7, 11) is 1.45. The van der Waals surface area contributed by atoms with E-state index in [2.05, 4.69) is 10.4 Å². The first kappa shape index (κ1) is 22.1. The zero-order valence-corrected chi connectivity index (χ0v) is 17.2.